The highest BCUT2D eigenvalue weighted by Crippen LogP contribution is 2.32. The average Bonchev–Trinajstić information content (AvgIpc) is 2.65. The van der Waals surface area contributed by atoms with Gasteiger partial charge in [0.15, 0.2) is 6.61 Å². The van der Waals surface area contributed by atoms with Gasteiger partial charge in [-0.15, -0.1) is 0 Å². The Morgan fingerprint density at radius 1 is 1.15 bits per heavy atom. The summed E-state index contributed by atoms with van der Waals surface area (Å²) in [6.07, 6.45) is 4.91. The van der Waals surface area contributed by atoms with E-state index in [9.17, 15) is 14.4 Å². The van der Waals surface area contributed by atoms with E-state index in [0.717, 1.165) is 37.7 Å². The van der Waals surface area contributed by atoms with Crippen LogP contribution in [0.2, 0.25) is 10.0 Å². The zero-order valence-electron chi connectivity index (χ0n) is 14.6. The summed E-state index contributed by atoms with van der Waals surface area (Å²) in [5.41, 5.74) is 1.04. The van der Waals surface area contributed by atoms with E-state index in [-0.39, 0.29) is 24.1 Å². The molecule has 0 heterocycles. The number of ether oxygens (including phenoxy) is 1. The summed E-state index contributed by atoms with van der Waals surface area (Å²) in [6, 6.07) is 3.35. The normalized spacial score (nSPS) is 14.6. The lowest BCUT2D eigenvalue weighted by atomic mass is 9.89. The number of benzene rings is 1. The maximum absolute atomic E-state index is 12.0. The molecule has 2 rings (SSSR count). The molecule has 0 saturated heterocycles. The molecule has 0 bridgehead atoms. The Hall–Kier alpha value is -1.79. The van der Waals surface area contributed by atoms with Crippen LogP contribution < -0.4 is 10.6 Å². The molecule has 1 saturated carbocycles. The molecule has 0 spiro atoms. The van der Waals surface area contributed by atoms with E-state index in [2.05, 4.69) is 10.6 Å². The molecule has 1 aromatic rings. The van der Waals surface area contributed by atoms with Crippen LogP contribution in [-0.4, -0.2) is 30.9 Å². The Balaban J connectivity index is 1.74. The molecule has 8 heteroatoms. The molecule has 0 radical (unpaired) electrons. The second kappa shape index (κ2) is 9.78. The third-order valence-corrected chi connectivity index (χ3v) is 5.10. The summed E-state index contributed by atoms with van der Waals surface area (Å²) >= 11 is 12.1. The number of carbonyl (C=O) groups is 3. The molecule has 1 aromatic carbocycles. The highest BCUT2D eigenvalue weighted by atomic mass is 35.5. The Morgan fingerprint density at radius 2 is 1.85 bits per heavy atom. The Kier molecular flexibility index (Phi) is 7.72. The fourth-order valence-electron chi connectivity index (χ4n) is 2.81. The van der Waals surface area contributed by atoms with Gasteiger partial charge in [0.25, 0.3) is 5.91 Å². The van der Waals surface area contributed by atoms with Gasteiger partial charge in [0.2, 0.25) is 5.91 Å². The minimum Gasteiger partial charge on any atom is -0.454 e. The molecule has 2 amide bonds. The van der Waals surface area contributed by atoms with Crippen molar-refractivity contribution in [2.75, 3.05) is 18.5 Å². The minimum absolute atomic E-state index is 0.0366. The van der Waals surface area contributed by atoms with E-state index >= 15 is 0 Å². The van der Waals surface area contributed by atoms with E-state index in [1.165, 1.54) is 0 Å². The van der Waals surface area contributed by atoms with Crippen LogP contribution in [0.3, 0.4) is 0 Å². The lowest BCUT2D eigenvalue weighted by Crippen LogP contribution is -2.36. The number of carbonyl (C=O) groups excluding carboxylic acids is 3. The molecule has 142 valence electrons. The molecule has 1 fully saturated rings. The van der Waals surface area contributed by atoms with Crippen molar-refractivity contribution in [1.82, 2.24) is 5.32 Å². The maximum atomic E-state index is 12.0. The second-order valence-corrected chi connectivity index (χ2v) is 7.10. The molecule has 1 aliphatic rings. The molecule has 0 aliphatic heterocycles. The summed E-state index contributed by atoms with van der Waals surface area (Å²) < 4.78 is 4.87. The van der Waals surface area contributed by atoms with E-state index < -0.39 is 18.5 Å². The molecule has 6 nitrogen and oxygen atoms in total. The van der Waals surface area contributed by atoms with Crippen LogP contribution in [0.15, 0.2) is 12.1 Å². The maximum Gasteiger partial charge on any atom is 0.325 e. The van der Waals surface area contributed by atoms with Crippen LogP contribution in [0.1, 0.15) is 37.7 Å². The lowest BCUT2D eigenvalue weighted by Gasteiger charge is -2.20. The number of hydrogen-bond acceptors (Lipinski definition) is 4. The second-order valence-electron chi connectivity index (χ2n) is 6.31. The van der Waals surface area contributed by atoms with Gasteiger partial charge in [-0.1, -0.05) is 48.5 Å². The number of anilines is 1. The van der Waals surface area contributed by atoms with E-state index in [1.807, 2.05) is 0 Å². The molecule has 0 aromatic heterocycles. The number of nitrogens with one attached hydrogen (secondary N) is 2. The molecule has 0 atom stereocenters. The first kappa shape index (κ1) is 20.5. The van der Waals surface area contributed by atoms with Crippen LogP contribution in [0.5, 0.6) is 0 Å². The topological polar surface area (TPSA) is 84.5 Å². The first-order valence-electron chi connectivity index (χ1n) is 8.56. The highest BCUT2D eigenvalue weighted by molar-refractivity contribution is 6.40. The van der Waals surface area contributed by atoms with Crippen molar-refractivity contribution >= 4 is 46.7 Å². The van der Waals surface area contributed by atoms with Gasteiger partial charge < -0.3 is 15.4 Å². The van der Waals surface area contributed by atoms with Gasteiger partial charge in [-0.05, 0) is 31.4 Å². The Morgan fingerprint density at radius 3 is 2.54 bits per heavy atom. The molecule has 26 heavy (non-hydrogen) atoms. The van der Waals surface area contributed by atoms with E-state index in [1.54, 1.807) is 19.1 Å². The fraction of sp³-hybridized carbons (Fsp3) is 0.500. The first-order chi connectivity index (χ1) is 12.4. The number of esters is 1. The van der Waals surface area contributed by atoms with E-state index in [4.69, 9.17) is 27.9 Å². The van der Waals surface area contributed by atoms with Gasteiger partial charge in [0, 0.05) is 5.92 Å². The molecular formula is C18H22Cl2N2O4. The molecule has 0 unspecified atom stereocenters. The standard InChI is InChI=1S/C18H22Cl2N2O4/c1-11-7-8-13(19)17(16(11)20)22-14(23)10-26-15(24)9-21-18(25)12-5-3-2-4-6-12/h7-8,12H,2-6,9-10H2,1H3,(H,21,25)(H,22,23). The SMILES string of the molecule is Cc1ccc(Cl)c(NC(=O)COC(=O)CNC(=O)C2CCCCC2)c1Cl. The van der Waals surface area contributed by atoms with Crippen LogP contribution >= 0.6 is 23.2 Å². The molecular weight excluding hydrogens is 379 g/mol. The van der Waals surface area contributed by atoms with Gasteiger partial charge in [0.1, 0.15) is 6.54 Å². The van der Waals surface area contributed by atoms with Crippen LogP contribution in [0, 0.1) is 12.8 Å². The summed E-state index contributed by atoms with van der Waals surface area (Å²) in [7, 11) is 0. The van der Waals surface area contributed by atoms with Gasteiger partial charge in [0.05, 0.1) is 15.7 Å². The smallest absolute Gasteiger partial charge is 0.325 e. The highest BCUT2D eigenvalue weighted by Gasteiger charge is 2.21. The zero-order chi connectivity index (χ0) is 19.1. The van der Waals surface area contributed by atoms with Crippen molar-refractivity contribution in [2.45, 2.75) is 39.0 Å². The fourth-order valence-corrected chi connectivity index (χ4v) is 3.28. The number of hydrogen-bond donors (Lipinski definition) is 2. The van der Waals surface area contributed by atoms with Gasteiger partial charge >= 0.3 is 5.97 Å². The van der Waals surface area contributed by atoms with Crippen molar-refractivity contribution < 1.29 is 19.1 Å². The minimum atomic E-state index is -0.675. The Bertz CT molecular complexity index is 688. The van der Waals surface area contributed by atoms with Crippen molar-refractivity contribution in [3.63, 3.8) is 0 Å². The average molecular weight is 401 g/mol. The quantitative estimate of drug-likeness (QED) is 0.715. The predicted octanol–water partition coefficient (Wildman–Crippen LogP) is 3.48. The number of rotatable bonds is 6. The van der Waals surface area contributed by atoms with Crippen molar-refractivity contribution in [3.05, 3.63) is 27.7 Å². The van der Waals surface area contributed by atoms with Crippen LogP contribution in [0.25, 0.3) is 0 Å². The van der Waals surface area contributed by atoms with E-state index in [0.29, 0.717) is 10.0 Å². The van der Waals surface area contributed by atoms with Crippen LogP contribution in [-0.2, 0) is 19.1 Å². The summed E-state index contributed by atoms with van der Waals surface area (Å²) in [4.78, 5) is 35.6. The van der Waals surface area contributed by atoms with Gasteiger partial charge in [-0.25, -0.2) is 0 Å². The summed E-state index contributed by atoms with van der Waals surface area (Å²) in [5.74, 6) is -1.41. The summed E-state index contributed by atoms with van der Waals surface area (Å²) in [5, 5.41) is 5.71. The van der Waals surface area contributed by atoms with Crippen molar-refractivity contribution in [1.29, 1.82) is 0 Å². The molecule has 2 N–H and O–H groups in total. The third-order valence-electron chi connectivity index (χ3n) is 4.30. The Labute approximate surface area is 162 Å². The molecule has 1 aliphatic carbocycles. The van der Waals surface area contributed by atoms with Crippen molar-refractivity contribution in [2.24, 2.45) is 5.92 Å². The van der Waals surface area contributed by atoms with Crippen molar-refractivity contribution in [3.8, 4) is 0 Å². The predicted molar refractivity (Wildman–Crippen MR) is 100 cm³/mol. The number of halogens is 2. The number of aryl methyl sites for hydroxylation is 1. The summed E-state index contributed by atoms with van der Waals surface area (Å²) in [6.45, 7) is 1.04. The zero-order valence-corrected chi connectivity index (χ0v) is 16.1. The largest absolute Gasteiger partial charge is 0.454 e. The third kappa shape index (κ3) is 5.88. The first-order valence-corrected chi connectivity index (χ1v) is 9.32. The van der Waals surface area contributed by atoms with Gasteiger partial charge in [-0.3, -0.25) is 14.4 Å². The monoisotopic (exact) mass is 400 g/mol. The lowest BCUT2D eigenvalue weighted by molar-refractivity contribution is -0.147. The van der Waals surface area contributed by atoms with Crippen LogP contribution in [0.4, 0.5) is 5.69 Å². The number of amides is 2. The van der Waals surface area contributed by atoms with Gasteiger partial charge in [-0.2, -0.15) is 0 Å².